The predicted octanol–water partition coefficient (Wildman–Crippen LogP) is 5.18. The summed E-state index contributed by atoms with van der Waals surface area (Å²) in [6.45, 7) is 0. The molecule has 1 aromatic heterocycles. The first-order chi connectivity index (χ1) is 13.5. The minimum atomic E-state index is -0.998. The molecule has 6 heteroatoms. The zero-order valence-electron chi connectivity index (χ0n) is 14.6. The molecule has 0 aliphatic rings. The predicted molar refractivity (Wildman–Crippen MR) is 106 cm³/mol. The molecule has 28 heavy (non-hydrogen) atoms. The van der Waals surface area contributed by atoms with E-state index in [1.807, 2.05) is 30.3 Å². The lowest BCUT2D eigenvalue weighted by Gasteiger charge is -2.08. The van der Waals surface area contributed by atoms with Gasteiger partial charge in [0.1, 0.15) is 0 Å². The van der Waals surface area contributed by atoms with Gasteiger partial charge in [0.05, 0.1) is 21.7 Å². The Morgan fingerprint density at radius 3 is 2.04 bits per heavy atom. The van der Waals surface area contributed by atoms with Crippen molar-refractivity contribution in [2.24, 2.45) is 0 Å². The number of fused-ring (bicyclic) bond motifs is 1. The van der Waals surface area contributed by atoms with Gasteiger partial charge in [-0.3, -0.25) is 10.1 Å². The van der Waals surface area contributed by atoms with Crippen molar-refractivity contribution in [3.8, 4) is 22.4 Å². The summed E-state index contributed by atoms with van der Waals surface area (Å²) < 4.78 is 0. The van der Waals surface area contributed by atoms with Crippen molar-refractivity contribution in [1.29, 1.82) is 0 Å². The van der Waals surface area contributed by atoms with E-state index in [0.717, 1.165) is 16.7 Å². The summed E-state index contributed by atoms with van der Waals surface area (Å²) >= 11 is 0. The lowest BCUT2D eigenvalue weighted by molar-refractivity contribution is -0.384. The van der Waals surface area contributed by atoms with Crippen LogP contribution in [0, 0.1) is 10.1 Å². The number of carbonyl (C=O) groups is 1. The number of non-ortho nitro benzene ring substituents is 1. The minimum absolute atomic E-state index is 0.0435. The van der Waals surface area contributed by atoms with Crippen LogP contribution in [0.5, 0.6) is 0 Å². The highest BCUT2D eigenvalue weighted by Crippen LogP contribution is 2.28. The highest BCUT2D eigenvalue weighted by Gasteiger charge is 2.13. The summed E-state index contributed by atoms with van der Waals surface area (Å²) in [7, 11) is 0. The van der Waals surface area contributed by atoms with E-state index in [0.29, 0.717) is 16.6 Å². The zero-order valence-corrected chi connectivity index (χ0v) is 14.6. The molecule has 0 spiro atoms. The van der Waals surface area contributed by atoms with Crippen molar-refractivity contribution >= 4 is 22.6 Å². The number of aromatic carboxylic acids is 1. The number of hydrogen-bond acceptors (Lipinski definition) is 4. The normalized spacial score (nSPS) is 10.7. The van der Waals surface area contributed by atoms with Crippen molar-refractivity contribution in [3.05, 3.63) is 94.5 Å². The molecule has 0 amide bonds. The highest BCUT2D eigenvalue weighted by molar-refractivity contribution is 6.03. The Morgan fingerprint density at radius 1 is 0.857 bits per heavy atom. The van der Waals surface area contributed by atoms with Crippen LogP contribution in [0.3, 0.4) is 0 Å². The third kappa shape index (κ3) is 3.19. The summed E-state index contributed by atoms with van der Waals surface area (Å²) in [6.07, 6.45) is 0. The van der Waals surface area contributed by atoms with E-state index in [-0.39, 0.29) is 11.3 Å². The van der Waals surface area contributed by atoms with E-state index >= 15 is 0 Å². The summed E-state index contributed by atoms with van der Waals surface area (Å²) in [5.41, 5.74) is 4.00. The van der Waals surface area contributed by atoms with E-state index < -0.39 is 10.9 Å². The van der Waals surface area contributed by atoms with E-state index in [2.05, 4.69) is 4.98 Å². The maximum atomic E-state index is 11.6. The van der Waals surface area contributed by atoms with Gasteiger partial charge in [-0.15, -0.1) is 0 Å². The molecule has 0 radical (unpaired) electrons. The van der Waals surface area contributed by atoms with Gasteiger partial charge >= 0.3 is 5.97 Å². The van der Waals surface area contributed by atoms with E-state index in [9.17, 15) is 20.0 Å². The SMILES string of the molecule is O=C(O)c1cc(-c2ccc(-c3ccc([N+](=O)[O-])cc3)cc2)nc2ccccc12. The lowest BCUT2D eigenvalue weighted by Crippen LogP contribution is -2.00. The second-order valence-corrected chi connectivity index (χ2v) is 6.26. The molecule has 136 valence electrons. The summed E-state index contributed by atoms with van der Waals surface area (Å²) in [6, 6.07) is 22.5. The number of aromatic nitrogens is 1. The van der Waals surface area contributed by atoms with Gasteiger partial charge in [-0.05, 0) is 35.4 Å². The summed E-state index contributed by atoms with van der Waals surface area (Å²) in [5.74, 6) is -0.998. The third-order valence-electron chi connectivity index (χ3n) is 4.54. The number of hydrogen-bond donors (Lipinski definition) is 1. The molecule has 0 saturated carbocycles. The van der Waals surface area contributed by atoms with E-state index in [1.165, 1.54) is 12.1 Å². The van der Waals surface area contributed by atoms with Gasteiger partial charge in [-0.2, -0.15) is 0 Å². The number of rotatable bonds is 4. The highest BCUT2D eigenvalue weighted by atomic mass is 16.6. The second-order valence-electron chi connectivity index (χ2n) is 6.26. The molecular weight excluding hydrogens is 356 g/mol. The Morgan fingerprint density at radius 2 is 1.43 bits per heavy atom. The maximum Gasteiger partial charge on any atom is 0.336 e. The fraction of sp³-hybridized carbons (Fsp3) is 0. The van der Waals surface area contributed by atoms with Gasteiger partial charge in [-0.25, -0.2) is 9.78 Å². The van der Waals surface area contributed by atoms with Crippen LogP contribution in [-0.4, -0.2) is 21.0 Å². The van der Waals surface area contributed by atoms with Crippen LogP contribution in [0.4, 0.5) is 5.69 Å². The Bertz CT molecular complexity index is 1200. The first-order valence-corrected chi connectivity index (χ1v) is 8.51. The van der Waals surface area contributed by atoms with Crippen molar-refractivity contribution in [1.82, 2.24) is 4.98 Å². The average molecular weight is 370 g/mol. The molecule has 4 aromatic rings. The Hall–Kier alpha value is -4.06. The Balaban J connectivity index is 1.73. The van der Waals surface area contributed by atoms with Gasteiger partial charge in [-0.1, -0.05) is 42.5 Å². The zero-order chi connectivity index (χ0) is 19.7. The molecule has 0 bridgehead atoms. The smallest absolute Gasteiger partial charge is 0.336 e. The monoisotopic (exact) mass is 370 g/mol. The van der Waals surface area contributed by atoms with Crippen LogP contribution >= 0.6 is 0 Å². The van der Waals surface area contributed by atoms with Crippen LogP contribution in [0.1, 0.15) is 10.4 Å². The second kappa shape index (κ2) is 6.92. The van der Waals surface area contributed by atoms with Crippen LogP contribution in [0.15, 0.2) is 78.9 Å². The van der Waals surface area contributed by atoms with Crippen molar-refractivity contribution in [2.45, 2.75) is 0 Å². The van der Waals surface area contributed by atoms with Gasteiger partial charge < -0.3 is 5.11 Å². The molecule has 4 rings (SSSR count). The van der Waals surface area contributed by atoms with Gasteiger partial charge in [0.25, 0.3) is 5.69 Å². The number of nitrogens with zero attached hydrogens (tertiary/aromatic N) is 2. The largest absolute Gasteiger partial charge is 0.478 e. The Labute approximate surface area is 159 Å². The van der Waals surface area contributed by atoms with Crippen molar-refractivity contribution in [3.63, 3.8) is 0 Å². The van der Waals surface area contributed by atoms with Crippen LogP contribution in [-0.2, 0) is 0 Å². The lowest BCUT2D eigenvalue weighted by atomic mass is 10.0. The number of nitro groups is 1. The molecular formula is C22H14N2O4. The number of carboxylic acid groups (broad SMARTS) is 1. The summed E-state index contributed by atoms with van der Waals surface area (Å²) in [4.78, 5) is 26.6. The van der Waals surface area contributed by atoms with Crippen molar-refractivity contribution < 1.29 is 14.8 Å². The van der Waals surface area contributed by atoms with Crippen LogP contribution in [0.2, 0.25) is 0 Å². The topological polar surface area (TPSA) is 93.3 Å². The van der Waals surface area contributed by atoms with Gasteiger partial charge in [0.15, 0.2) is 0 Å². The molecule has 1 N–H and O–H groups in total. The van der Waals surface area contributed by atoms with Gasteiger partial charge in [0, 0.05) is 23.1 Å². The molecule has 1 heterocycles. The maximum absolute atomic E-state index is 11.6. The molecule has 0 fully saturated rings. The molecule has 3 aromatic carbocycles. The number of para-hydroxylation sites is 1. The quantitative estimate of drug-likeness (QED) is 0.395. The van der Waals surface area contributed by atoms with Crippen LogP contribution in [0.25, 0.3) is 33.3 Å². The Kier molecular flexibility index (Phi) is 4.29. The first-order valence-electron chi connectivity index (χ1n) is 8.51. The summed E-state index contributed by atoms with van der Waals surface area (Å²) in [5, 5.41) is 20.9. The van der Waals surface area contributed by atoms with E-state index in [4.69, 9.17) is 0 Å². The fourth-order valence-electron chi connectivity index (χ4n) is 3.11. The fourth-order valence-corrected chi connectivity index (χ4v) is 3.11. The first kappa shape index (κ1) is 17.4. The minimum Gasteiger partial charge on any atom is -0.478 e. The average Bonchev–Trinajstić information content (AvgIpc) is 2.73. The number of nitro benzene ring substituents is 1. The van der Waals surface area contributed by atoms with Gasteiger partial charge in [0.2, 0.25) is 0 Å². The molecule has 0 saturated heterocycles. The third-order valence-corrected chi connectivity index (χ3v) is 4.54. The molecule has 0 aliphatic carbocycles. The van der Waals surface area contributed by atoms with Crippen LogP contribution < -0.4 is 0 Å². The van der Waals surface area contributed by atoms with E-state index in [1.54, 1.807) is 36.4 Å². The molecule has 6 nitrogen and oxygen atoms in total. The molecule has 0 aliphatic heterocycles. The number of benzene rings is 3. The molecule has 0 unspecified atom stereocenters. The number of pyridine rings is 1. The van der Waals surface area contributed by atoms with Crippen molar-refractivity contribution in [2.75, 3.05) is 0 Å². The number of carboxylic acids is 1. The standard InChI is InChI=1S/C22H14N2O4/c25-22(26)19-13-21(23-20-4-2-1-3-18(19)20)16-7-5-14(6-8-16)15-9-11-17(12-10-15)24(27)28/h1-13H,(H,25,26). The molecule has 0 atom stereocenters.